The zero-order valence-electron chi connectivity index (χ0n) is 14.7. The summed E-state index contributed by atoms with van der Waals surface area (Å²) in [5, 5.41) is 3.06. The zero-order chi connectivity index (χ0) is 18.1. The van der Waals surface area contributed by atoms with E-state index in [4.69, 9.17) is 4.74 Å². The van der Waals surface area contributed by atoms with Crippen LogP contribution in [0.3, 0.4) is 0 Å². The summed E-state index contributed by atoms with van der Waals surface area (Å²) in [6.45, 7) is 2.35. The van der Waals surface area contributed by atoms with Crippen molar-refractivity contribution < 1.29 is 18.7 Å². The lowest BCUT2D eigenvalue weighted by molar-refractivity contribution is 0.126. The number of hydrogen-bond acceptors (Lipinski definition) is 3. The molecule has 3 amide bonds. The first-order valence-corrected chi connectivity index (χ1v) is 9.30. The summed E-state index contributed by atoms with van der Waals surface area (Å²) in [6.07, 6.45) is 3.80. The van der Waals surface area contributed by atoms with E-state index in [-0.39, 0.29) is 29.4 Å². The van der Waals surface area contributed by atoms with Crippen LogP contribution in [0.1, 0.15) is 31.2 Å². The monoisotopic (exact) mass is 361 g/mol. The molecule has 0 unspecified atom stereocenters. The van der Waals surface area contributed by atoms with Crippen LogP contribution in [0.25, 0.3) is 0 Å². The van der Waals surface area contributed by atoms with Gasteiger partial charge in [-0.2, -0.15) is 0 Å². The first kappa shape index (κ1) is 17.1. The molecule has 1 saturated carbocycles. The van der Waals surface area contributed by atoms with Crippen molar-refractivity contribution in [1.82, 2.24) is 15.1 Å². The Labute approximate surface area is 152 Å². The molecule has 3 fully saturated rings. The Morgan fingerprint density at radius 2 is 2.12 bits per heavy atom. The number of hydrogen-bond donors (Lipinski definition) is 1. The number of urea groups is 1. The molecule has 0 aromatic heterocycles. The number of carbonyl (C=O) groups is 2. The Kier molecular flexibility index (Phi) is 4.46. The Bertz CT molecular complexity index is 705. The molecule has 3 aliphatic rings. The molecule has 4 rings (SSSR count). The molecule has 2 saturated heterocycles. The molecule has 1 aliphatic carbocycles. The number of carbonyl (C=O) groups excluding carboxylic acids is 2. The van der Waals surface area contributed by atoms with E-state index in [0.29, 0.717) is 32.8 Å². The highest BCUT2D eigenvalue weighted by Gasteiger charge is 2.40. The van der Waals surface area contributed by atoms with Gasteiger partial charge in [-0.3, -0.25) is 4.90 Å². The van der Waals surface area contributed by atoms with Gasteiger partial charge in [-0.1, -0.05) is 25.0 Å². The zero-order valence-corrected chi connectivity index (χ0v) is 14.7. The molecule has 1 aromatic rings. The van der Waals surface area contributed by atoms with Gasteiger partial charge in [-0.05, 0) is 30.5 Å². The number of nitrogens with one attached hydrogen (secondary N) is 1. The Balaban J connectivity index is 1.40. The van der Waals surface area contributed by atoms with E-state index >= 15 is 0 Å². The van der Waals surface area contributed by atoms with E-state index in [1.165, 1.54) is 6.07 Å². The second-order valence-electron chi connectivity index (χ2n) is 7.53. The van der Waals surface area contributed by atoms with Gasteiger partial charge >= 0.3 is 12.1 Å². The highest BCUT2D eigenvalue weighted by molar-refractivity contribution is 5.76. The van der Waals surface area contributed by atoms with Crippen molar-refractivity contribution in [2.24, 2.45) is 0 Å². The van der Waals surface area contributed by atoms with Crippen LogP contribution in [-0.4, -0.2) is 60.8 Å². The lowest BCUT2D eigenvalue weighted by atomic mass is 9.79. The summed E-state index contributed by atoms with van der Waals surface area (Å²) in [5.74, 6) is -0.234. The quantitative estimate of drug-likeness (QED) is 0.900. The van der Waals surface area contributed by atoms with Crippen LogP contribution in [0.15, 0.2) is 24.3 Å². The fourth-order valence-electron chi connectivity index (χ4n) is 4.47. The molecule has 7 heteroatoms. The number of halogens is 1. The summed E-state index contributed by atoms with van der Waals surface area (Å²) in [5.41, 5.74) is 0.779. The van der Waals surface area contributed by atoms with Crippen molar-refractivity contribution >= 4 is 12.1 Å². The Morgan fingerprint density at radius 1 is 1.31 bits per heavy atom. The molecular formula is C19H24FN3O3. The third-order valence-corrected chi connectivity index (χ3v) is 5.98. The summed E-state index contributed by atoms with van der Waals surface area (Å²) >= 11 is 0. The van der Waals surface area contributed by atoms with Crippen LogP contribution in [0.5, 0.6) is 0 Å². The topological polar surface area (TPSA) is 61.9 Å². The van der Waals surface area contributed by atoms with E-state index in [9.17, 15) is 14.0 Å². The second-order valence-corrected chi connectivity index (χ2v) is 7.53. The highest BCUT2D eigenvalue weighted by Crippen LogP contribution is 2.40. The Hall–Kier alpha value is -2.31. The maximum absolute atomic E-state index is 13.7. The molecule has 2 heterocycles. The summed E-state index contributed by atoms with van der Waals surface area (Å²) in [4.78, 5) is 27.7. The molecule has 1 N–H and O–H groups in total. The van der Waals surface area contributed by atoms with E-state index < -0.39 is 0 Å². The summed E-state index contributed by atoms with van der Waals surface area (Å²) in [6, 6.07) is 6.58. The van der Waals surface area contributed by atoms with Gasteiger partial charge in [-0.25, -0.2) is 14.0 Å². The first-order valence-electron chi connectivity index (χ1n) is 9.30. The number of rotatable bonds is 3. The molecule has 2 aliphatic heterocycles. The number of ether oxygens (including phenoxy) is 1. The van der Waals surface area contributed by atoms with Gasteiger partial charge in [0.05, 0.1) is 6.04 Å². The molecule has 26 heavy (non-hydrogen) atoms. The smallest absolute Gasteiger partial charge is 0.410 e. The molecule has 6 nitrogen and oxygen atoms in total. The van der Waals surface area contributed by atoms with Gasteiger partial charge in [0.1, 0.15) is 12.4 Å². The number of piperazine rings is 1. The lowest BCUT2D eigenvalue weighted by Crippen LogP contribution is -2.56. The number of amides is 3. The summed E-state index contributed by atoms with van der Waals surface area (Å²) < 4.78 is 18.7. The number of cyclic esters (lactones) is 1. The Morgan fingerprint density at radius 3 is 2.88 bits per heavy atom. The molecule has 1 atom stereocenters. The van der Waals surface area contributed by atoms with Gasteiger partial charge in [0.2, 0.25) is 0 Å². The van der Waals surface area contributed by atoms with Crippen molar-refractivity contribution in [2.45, 2.75) is 37.1 Å². The average molecular weight is 361 g/mol. The maximum Gasteiger partial charge on any atom is 0.410 e. The third kappa shape index (κ3) is 3.10. The second kappa shape index (κ2) is 6.78. The van der Waals surface area contributed by atoms with E-state index in [1.54, 1.807) is 21.9 Å². The molecule has 1 aromatic carbocycles. The molecule has 0 bridgehead atoms. The van der Waals surface area contributed by atoms with Gasteiger partial charge in [0.15, 0.2) is 0 Å². The minimum Gasteiger partial charge on any atom is -0.447 e. The maximum atomic E-state index is 13.7. The van der Waals surface area contributed by atoms with Gasteiger partial charge in [0, 0.05) is 31.6 Å². The molecule has 140 valence electrons. The van der Waals surface area contributed by atoms with Gasteiger partial charge in [-0.15, -0.1) is 0 Å². The largest absolute Gasteiger partial charge is 0.447 e. The van der Waals surface area contributed by atoms with Crippen molar-refractivity contribution in [1.29, 1.82) is 0 Å². The van der Waals surface area contributed by atoms with Crippen LogP contribution in [0.2, 0.25) is 0 Å². The fraction of sp³-hybridized carbons (Fsp3) is 0.579. The van der Waals surface area contributed by atoms with Crippen molar-refractivity contribution in [3.8, 4) is 0 Å². The van der Waals surface area contributed by atoms with Crippen LogP contribution >= 0.6 is 0 Å². The lowest BCUT2D eigenvalue weighted by Gasteiger charge is -2.36. The van der Waals surface area contributed by atoms with Crippen molar-refractivity contribution in [2.75, 3.05) is 32.8 Å². The van der Waals surface area contributed by atoms with Gasteiger partial charge < -0.3 is 15.0 Å². The standard InChI is InChI=1S/C19H24FN3O3/c20-15-5-3-4-14(10-15)19(6-1-2-7-19)13-21-17(24)22-8-9-23-16(11-22)12-26-18(23)25/h3-5,10,16H,1-2,6-9,11-13H2,(H,21,24)/t16-/m1/s1. The van der Waals surface area contributed by atoms with E-state index in [0.717, 1.165) is 31.2 Å². The van der Waals surface area contributed by atoms with Gasteiger partial charge in [0.25, 0.3) is 0 Å². The molecule has 0 spiro atoms. The van der Waals surface area contributed by atoms with Crippen LogP contribution < -0.4 is 5.32 Å². The fourth-order valence-corrected chi connectivity index (χ4v) is 4.47. The predicted octanol–water partition coefficient (Wildman–Crippen LogP) is 2.48. The van der Waals surface area contributed by atoms with E-state index in [2.05, 4.69) is 5.32 Å². The first-order chi connectivity index (χ1) is 12.6. The van der Waals surface area contributed by atoms with Crippen LogP contribution in [0, 0.1) is 5.82 Å². The summed E-state index contributed by atoms with van der Waals surface area (Å²) in [7, 11) is 0. The SMILES string of the molecule is O=C(NCC1(c2cccc(F)c2)CCCC1)N1CCN2C(=O)OC[C@H]2C1. The predicted molar refractivity (Wildman–Crippen MR) is 93.4 cm³/mol. The normalized spacial score (nSPS) is 24.3. The highest BCUT2D eigenvalue weighted by atomic mass is 19.1. The van der Waals surface area contributed by atoms with Crippen molar-refractivity contribution in [3.63, 3.8) is 0 Å². The van der Waals surface area contributed by atoms with Crippen molar-refractivity contribution in [3.05, 3.63) is 35.6 Å². The minimum absolute atomic E-state index is 0.0503. The molecular weight excluding hydrogens is 337 g/mol. The number of fused-ring (bicyclic) bond motifs is 1. The minimum atomic E-state index is -0.286. The number of benzene rings is 1. The number of nitrogens with zero attached hydrogens (tertiary/aromatic N) is 2. The average Bonchev–Trinajstić information content (AvgIpc) is 3.27. The van der Waals surface area contributed by atoms with Crippen LogP contribution in [0.4, 0.5) is 14.0 Å². The van der Waals surface area contributed by atoms with Crippen LogP contribution in [-0.2, 0) is 10.2 Å². The molecule has 0 radical (unpaired) electrons. The third-order valence-electron chi connectivity index (χ3n) is 5.98. The van der Waals surface area contributed by atoms with E-state index in [1.807, 2.05) is 6.07 Å².